The lowest BCUT2D eigenvalue weighted by Crippen LogP contribution is -2.25. The molecule has 378 valence electrons. The van der Waals surface area contributed by atoms with Crippen molar-refractivity contribution in [1.29, 1.82) is 10.5 Å². The van der Waals surface area contributed by atoms with E-state index in [-0.39, 0.29) is 0 Å². The highest BCUT2D eigenvalue weighted by Gasteiger charge is 2.33. The van der Waals surface area contributed by atoms with E-state index in [9.17, 15) is 10.5 Å². The number of nitriles is 2. The van der Waals surface area contributed by atoms with E-state index in [0.29, 0.717) is 34.5 Å². The molecule has 0 unspecified atom stereocenters. The van der Waals surface area contributed by atoms with Crippen LogP contribution >= 0.6 is 0 Å². The van der Waals surface area contributed by atoms with Gasteiger partial charge in [0.15, 0.2) is 11.5 Å². The van der Waals surface area contributed by atoms with E-state index in [4.69, 9.17) is 11.2 Å². The zero-order valence-corrected chi connectivity index (χ0v) is 44.4. The summed E-state index contributed by atoms with van der Waals surface area (Å²) in [6, 6.07) is 59.5. The predicted octanol–water partition coefficient (Wildman–Crippen LogP) is 18.0. The zero-order chi connectivity index (χ0) is 54.1. The van der Waals surface area contributed by atoms with E-state index in [2.05, 4.69) is 184 Å². The first-order chi connectivity index (χ1) is 38.9. The van der Waals surface area contributed by atoms with Crippen LogP contribution in [-0.2, 0) is 19.3 Å². The Morgan fingerprint density at radius 1 is 0.608 bits per heavy atom. The molecule has 0 saturated carbocycles. The third-order valence-corrected chi connectivity index (χ3v) is 15.2. The van der Waals surface area contributed by atoms with E-state index < -0.39 is 0 Å². The van der Waals surface area contributed by atoms with Crippen molar-refractivity contribution in [3.8, 4) is 58.9 Å². The molecule has 0 aromatic heterocycles. The SMILES string of the molecule is C#Cc1cc(C#CC)c(N2c3ccccc3Cc3cc(-c4ccc5c(c4)CC(C=C)=C(/C=C\C)N5c4cc(N(C5=CCCC=C5)c5ccccc5CC)c(C#N)cc4C#N)ccc32)cc1N1c2ccccc2Oc2ccccc21. The average molecular weight is 1020 g/mol. The van der Waals surface area contributed by atoms with Crippen LogP contribution in [0.4, 0.5) is 56.9 Å². The average Bonchev–Trinajstić information content (AvgIpc) is 3.68. The molecule has 8 aromatic carbocycles. The third kappa shape index (κ3) is 8.62. The maximum Gasteiger partial charge on any atom is 0.151 e. The summed E-state index contributed by atoms with van der Waals surface area (Å²) < 4.78 is 6.44. The molecule has 0 spiro atoms. The zero-order valence-electron chi connectivity index (χ0n) is 44.4. The fourth-order valence-electron chi connectivity index (χ4n) is 11.7. The molecule has 0 bridgehead atoms. The van der Waals surface area contributed by atoms with Gasteiger partial charge in [0.05, 0.1) is 45.3 Å². The Kier molecular flexibility index (Phi) is 13.1. The first-order valence-electron chi connectivity index (χ1n) is 26.8. The van der Waals surface area contributed by atoms with Crippen LogP contribution in [0.2, 0.25) is 0 Å². The van der Waals surface area contributed by atoms with Crippen LogP contribution in [0, 0.1) is 46.8 Å². The largest absolute Gasteiger partial charge is 0.453 e. The number of anilines is 10. The summed E-state index contributed by atoms with van der Waals surface area (Å²) in [5.74, 6) is 11.1. The van der Waals surface area contributed by atoms with E-state index in [1.54, 1.807) is 6.07 Å². The molecule has 7 nitrogen and oxygen atoms in total. The summed E-state index contributed by atoms with van der Waals surface area (Å²) in [5, 5.41) is 21.8. The normalized spacial score (nSPS) is 13.7. The smallest absolute Gasteiger partial charge is 0.151 e. The molecule has 0 atom stereocenters. The number of aryl methyl sites for hydroxylation is 1. The minimum atomic E-state index is 0.396. The number of para-hydroxylation sites is 6. The van der Waals surface area contributed by atoms with Gasteiger partial charge in [0.25, 0.3) is 0 Å². The van der Waals surface area contributed by atoms with Gasteiger partial charge in [-0.1, -0.05) is 122 Å². The quantitative estimate of drug-likeness (QED) is 0.126. The molecule has 8 aromatic rings. The van der Waals surface area contributed by atoms with E-state index in [1.807, 2.05) is 80.6 Å². The fourth-order valence-corrected chi connectivity index (χ4v) is 11.7. The van der Waals surface area contributed by atoms with E-state index in [0.717, 1.165) is 127 Å². The second-order valence-corrected chi connectivity index (χ2v) is 19.8. The molecule has 79 heavy (non-hydrogen) atoms. The topological polar surface area (TPSA) is 69.8 Å². The summed E-state index contributed by atoms with van der Waals surface area (Å²) >= 11 is 0. The van der Waals surface area contributed by atoms with Crippen molar-refractivity contribution < 1.29 is 4.74 Å². The minimum absolute atomic E-state index is 0.396. The predicted molar refractivity (Wildman–Crippen MR) is 323 cm³/mol. The van der Waals surface area contributed by atoms with E-state index >= 15 is 0 Å². The van der Waals surface area contributed by atoms with Crippen molar-refractivity contribution in [2.75, 3.05) is 19.6 Å². The van der Waals surface area contributed by atoms with Crippen LogP contribution in [0.25, 0.3) is 11.1 Å². The first-order valence-corrected chi connectivity index (χ1v) is 26.8. The van der Waals surface area contributed by atoms with Gasteiger partial charge >= 0.3 is 0 Å². The number of fused-ring (bicyclic) bond motifs is 5. The van der Waals surface area contributed by atoms with Crippen LogP contribution in [0.15, 0.2) is 218 Å². The number of hydrogen-bond donors (Lipinski definition) is 0. The number of allylic oxidation sites excluding steroid dienone is 7. The van der Waals surface area contributed by atoms with Gasteiger partial charge in [-0.15, -0.1) is 12.3 Å². The minimum Gasteiger partial charge on any atom is -0.453 e. The van der Waals surface area contributed by atoms with Gasteiger partial charge in [0.2, 0.25) is 0 Å². The van der Waals surface area contributed by atoms with Crippen molar-refractivity contribution in [2.45, 2.75) is 52.9 Å². The maximum absolute atomic E-state index is 11.0. The maximum atomic E-state index is 11.0. The molecule has 4 aliphatic rings. The third-order valence-electron chi connectivity index (χ3n) is 15.2. The van der Waals surface area contributed by atoms with Crippen molar-refractivity contribution in [3.05, 3.63) is 262 Å². The molecule has 0 amide bonds. The summed E-state index contributed by atoms with van der Waals surface area (Å²) in [7, 11) is 0. The number of ether oxygens (including phenoxy) is 1. The molecular weight excluding hydrogens is 965 g/mol. The van der Waals surface area contributed by atoms with Gasteiger partial charge in [0.1, 0.15) is 12.1 Å². The molecule has 3 aliphatic heterocycles. The number of benzene rings is 8. The number of rotatable bonds is 10. The van der Waals surface area contributed by atoms with Gasteiger partial charge < -0.3 is 24.3 Å². The van der Waals surface area contributed by atoms with Crippen LogP contribution in [0.3, 0.4) is 0 Å². The Balaban J connectivity index is 0.991. The summed E-state index contributed by atoms with van der Waals surface area (Å²) in [4.78, 5) is 8.93. The summed E-state index contributed by atoms with van der Waals surface area (Å²) in [5.41, 5.74) is 21.0. The molecule has 0 N–H and O–H groups in total. The van der Waals surface area contributed by atoms with Gasteiger partial charge in [-0.2, -0.15) is 10.5 Å². The molecule has 12 rings (SSSR count). The highest BCUT2D eigenvalue weighted by molar-refractivity contribution is 5.95. The van der Waals surface area contributed by atoms with Gasteiger partial charge in [0, 0.05) is 58.1 Å². The Morgan fingerprint density at radius 3 is 1.87 bits per heavy atom. The van der Waals surface area contributed by atoms with Crippen LogP contribution in [0.5, 0.6) is 11.5 Å². The second-order valence-electron chi connectivity index (χ2n) is 19.8. The van der Waals surface area contributed by atoms with Gasteiger partial charge in [-0.25, -0.2) is 0 Å². The Labute approximate surface area is 463 Å². The molecule has 0 fully saturated rings. The molecule has 0 radical (unpaired) electrons. The van der Waals surface area contributed by atoms with Crippen molar-refractivity contribution in [2.24, 2.45) is 0 Å². The van der Waals surface area contributed by atoms with Crippen LogP contribution < -0.4 is 24.3 Å². The van der Waals surface area contributed by atoms with Crippen LogP contribution in [-0.4, -0.2) is 0 Å². The molecule has 7 heteroatoms. The van der Waals surface area contributed by atoms with Crippen molar-refractivity contribution in [3.63, 3.8) is 0 Å². The highest BCUT2D eigenvalue weighted by Crippen LogP contribution is 2.54. The lowest BCUT2D eigenvalue weighted by molar-refractivity contribution is 0.477. The van der Waals surface area contributed by atoms with E-state index in [1.165, 1.54) is 11.1 Å². The molecule has 1 aliphatic carbocycles. The Hall–Kier alpha value is -10.4. The van der Waals surface area contributed by atoms with Gasteiger partial charge in [-0.05, 0) is 169 Å². The molecule has 0 saturated heterocycles. The van der Waals surface area contributed by atoms with Crippen molar-refractivity contribution >= 4 is 56.9 Å². The van der Waals surface area contributed by atoms with Gasteiger partial charge in [-0.3, -0.25) is 0 Å². The number of hydrogen-bond acceptors (Lipinski definition) is 7. The fraction of sp³-hybridized carbons (Fsp3) is 0.111. The second kappa shape index (κ2) is 20.9. The summed E-state index contributed by atoms with van der Waals surface area (Å²) in [6.45, 7) is 10.3. The number of nitrogens with zero attached hydrogens (tertiary/aromatic N) is 6. The highest BCUT2D eigenvalue weighted by atomic mass is 16.5. The standard InChI is InChI=1S/C72H54N6O/c1-6-22-53-38-50(10-5)67(78-65-30-18-20-32-71(65)79-72-33-21-19-31-66(72)78)44-68(53)77-62-29-17-15-25-54(62)42-56-41-52(35-37-64(56)77)51-34-36-63-55(40-51)39-49(9-4)60(23-7-2)76(63)70-45-69(57(46-73)43-58(70)47-74)75(59-26-12-11-13-27-59)61-28-16-14-24-48(61)8-3/h5,7,9,12,14-21,23-38,40-41,43-45H,4,8,11,13,39,42H2,1-3H3/b23-7-. The molecular formula is C72H54N6O. The monoisotopic (exact) mass is 1020 g/mol. The molecule has 3 heterocycles. The lowest BCUT2D eigenvalue weighted by Gasteiger charge is -2.37. The first kappa shape index (κ1) is 49.4. The van der Waals surface area contributed by atoms with Crippen molar-refractivity contribution in [1.82, 2.24) is 0 Å². The Morgan fingerprint density at radius 2 is 1.22 bits per heavy atom. The lowest BCUT2D eigenvalue weighted by atomic mass is 9.89. The Bertz CT molecular complexity index is 4130. The summed E-state index contributed by atoms with van der Waals surface area (Å²) in [6.07, 6.45) is 23.0. The number of terminal acetylenes is 1. The van der Waals surface area contributed by atoms with Crippen LogP contribution in [0.1, 0.15) is 78.1 Å².